The molecular weight excluding hydrogens is 300 g/mol. The van der Waals surface area contributed by atoms with Gasteiger partial charge in [0.1, 0.15) is 5.75 Å². The van der Waals surface area contributed by atoms with Gasteiger partial charge in [0.15, 0.2) is 6.61 Å². The topological polar surface area (TPSA) is 44.1 Å². The number of ether oxygens (including phenoxy) is 1. The zero-order valence-electron chi connectivity index (χ0n) is 13.4. The van der Waals surface area contributed by atoms with Gasteiger partial charge in [0.2, 0.25) is 0 Å². The molecule has 0 bridgehead atoms. The van der Waals surface area contributed by atoms with E-state index < -0.39 is 0 Å². The molecule has 0 fully saturated rings. The van der Waals surface area contributed by atoms with Crippen molar-refractivity contribution in [2.24, 2.45) is 0 Å². The number of aromatic nitrogens is 2. The highest BCUT2D eigenvalue weighted by Crippen LogP contribution is 2.25. The van der Waals surface area contributed by atoms with Crippen molar-refractivity contribution in [1.82, 2.24) is 9.78 Å². The second-order valence-electron chi connectivity index (χ2n) is 5.44. The molecule has 118 valence electrons. The summed E-state index contributed by atoms with van der Waals surface area (Å²) < 4.78 is 6.95. The highest BCUT2D eigenvalue weighted by atomic mass is 35.5. The zero-order chi connectivity index (χ0) is 16.3. The molecule has 5 heteroatoms. The first-order chi connectivity index (χ1) is 10.4. The Morgan fingerprint density at radius 1 is 1.32 bits per heavy atom. The van der Waals surface area contributed by atoms with Crippen LogP contribution in [-0.4, -0.2) is 22.3 Å². The number of carbonyl (C=O) groups is 1. The summed E-state index contributed by atoms with van der Waals surface area (Å²) in [6.45, 7) is 8.10. The average Bonchev–Trinajstić information content (AvgIpc) is 2.80. The summed E-state index contributed by atoms with van der Waals surface area (Å²) in [6.07, 6.45) is 1.02. The van der Waals surface area contributed by atoms with Gasteiger partial charge in [-0.15, -0.1) is 0 Å². The first-order valence-electron chi connectivity index (χ1n) is 7.41. The Morgan fingerprint density at radius 2 is 1.95 bits per heavy atom. The van der Waals surface area contributed by atoms with Crippen LogP contribution in [0.4, 0.5) is 0 Å². The van der Waals surface area contributed by atoms with Gasteiger partial charge < -0.3 is 4.74 Å². The third-order valence-corrected chi connectivity index (χ3v) is 4.12. The summed E-state index contributed by atoms with van der Waals surface area (Å²) in [5, 5.41) is 5.01. The first-order valence-corrected chi connectivity index (χ1v) is 7.79. The molecule has 2 rings (SSSR count). The number of carbonyl (C=O) groups excluding carboxylic acids is 1. The highest BCUT2D eigenvalue weighted by Gasteiger charge is 2.20. The van der Waals surface area contributed by atoms with E-state index in [1.54, 1.807) is 24.3 Å². The molecule has 1 aromatic carbocycles. The Labute approximate surface area is 136 Å². The monoisotopic (exact) mass is 320 g/mol. The Balaban J connectivity index is 2.11. The zero-order valence-corrected chi connectivity index (χ0v) is 14.1. The maximum Gasteiger partial charge on any atom is 0.284 e. The van der Waals surface area contributed by atoms with Crippen molar-refractivity contribution in [3.63, 3.8) is 0 Å². The third kappa shape index (κ3) is 3.50. The molecule has 1 heterocycles. The maximum absolute atomic E-state index is 12.3. The molecule has 4 nitrogen and oxygen atoms in total. The number of halogens is 1. The summed E-state index contributed by atoms with van der Waals surface area (Å²) in [5.74, 6) is 0.824. The maximum atomic E-state index is 12.3. The van der Waals surface area contributed by atoms with E-state index in [-0.39, 0.29) is 12.5 Å². The van der Waals surface area contributed by atoms with Crippen LogP contribution in [0.3, 0.4) is 0 Å². The largest absolute Gasteiger partial charge is 0.484 e. The Hall–Kier alpha value is -1.81. The van der Waals surface area contributed by atoms with Crippen LogP contribution in [0.5, 0.6) is 5.75 Å². The van der Waals surface area contributed by atoms with Crippen molar-refractivity contribution in [1.29, 1.82) is 0 Å². The molecule has 1 aromatic heterocycles. The molecule has 0 aliphatic carbocycles. The summed E-state index contributed by atoms with van der Waals surface area (Å²) in [7, 11) is 0. The number of benzene rings is 1. The fourth-order valence-corrected chi connectivity index (χ4v) is 2.68. The molecule has 0 saturated heterocycles. The summed E-state index contributed by atoms with van der Waals surface area (Å²) in [4.78, 5) is 12.3. The van der Waals surface area contributed by atoms with Crippen molar-refractivity contribution in [2.75, 3.05) is 6.61 Å². The van der Waals surface area contributed by atoms with E-state index in [1.807, 2.05) is 13.8 Å². The summed E-state index contributed by atoms with van der Waals surface area (Å²) in [6, 6.07) is 6.93. The van der Waals surface area contributed by atoms with Gasteiger partial charge in [-0.3, -0.25) is 4.79 Å². The fraction of sp³-hybridized carbons (Fsp3) is 0.412. The van der Waals surface area contributed by atoms with Crippen molar-refractivity contribution in [2.45, 2.75) is 40.0 Å². The lowest BCUT2D eigenvalue weighted by molar-refractivity contribution is 0.0818. The van der Waals surface area contributed by atoms with Crippen molar-refractivity contribution >= 4 is 17.5 Å². The lowest BCUT2D eigenvalue weighted by atomic mass is 9.97. The number of rotatable bonds is 5. The molecule has 1 atom stereocenters. The van der Waals surface area contributed by atoms with E-state index in [2.05, 4.69) is 18.9 Å². The minimum atomic E-state index is -0.176. The van der Waals surface area contributed by atoms with Crippen LogP contribution in [0.25, 0.3) is 0 Å². The molecule has 0 radical (unpaired) electrons. The predicted octanol–water partition coefficient (Wildman–Crippen LogP) is 4.39. The standard InChI is InChI=1S/C17H21ClN2O2/c1-5-11(2)17-12(3)19-20(13(17)4)16(21)10-22-15-8-6-14(18)7-9-15/h6-9,11H,5,10H2,1-4H3. The van der Waals surface area contributed by atoms with Crippen LogP contribution in [0, 0.1) is 13.8 Å². The van der Waals surface area contributed by atoms with Crippen LogP contribution in [-0.2, 0) is 0 Å². The van der Waals surface area contributed by atoms with Gasteiger partial charge in [-0.05, 0) is 56.0 Å². The fourth-order valence-electron chi connectivity index (χ4n) is 2.55. The van der Waals surface area contributed by atoms with Gasteiger partial charge in [0.25, 0.3) is 5.91 Å². The van der Waals surface area contributed by atoms with E-state index in [9.17, 15) is 4.79 Å². The lowest BCUT2D eigenvalue weighted by Gasteiger charge is -2.10. The normalized spacial score (nSPS) is 12.2. The van der Waals surface area contributed by atoms with Gasteiger partial charge in [-0.25, -0.2) is 4.68 Å². The first kappa shape index (κ1) is 16.6. The van der Waals surface area contributed by atoms with Crippen molar-refractivity contribution in [3.05, 3.63) is 46.2 Å². The van der Waals surface area contributed by atoms with Crippen LogP contribution in [0.2, 0.25) is 5.02 Å². The second kappa shape index (κ2) is 6.97. The molecular formula is C17H21ClN2O2. The Kier molecular flexibility index (Phi) is 5.24. The lowest BCUT2D eigenvalue weighted by Crippen LogP contribution is -2.21. The Morgan fingerprint density at radius 3 is 2.55 bits per heavy atom. The number of aryl methyl sites for hydroxylation is 1. The van der Waals surface area contributed by atoms with E-state index >= 15 is 0 Å². The van der Waals surface area contributed by atoms with Gasteiger partial charge >= 0.3 is 0 Å². The average molecular weight is 321 g/mol. The van der Waals surface area contributed by atoms with Gasteiger partial charge in [-0.1, -0.05) is 25.4 Å². The highest BCUT2D eigenvalue weighted by molar-refractivity contribution is 6.30. The van der Waals surface area contributed by atoms with Crippen LogP contribution < -0.4 is 4.74 Å². The molecule has 0 amide bonds. The Bertz CT molecular complexity index is 662. The third-order valence-electron chi connectivity index (χ3n) is 3.86. The summed E-state index contributed by atoms with van der Waals surface area (Å²) in [5.41, 5.74) is 2.96. The quantitative estimate of drug-likeness (QED) is 0.820. The molecule has 2 aromatic rings. The second-order valence-corrected chi connectivity index (χ2v) is 5.88. The minimum absolute atomic E-state index is 0.0520. The molecule has 0 spiro atoms. The molecule has 1 unspecified atom stereocenters. The molecule has 0 aliphatic heterocycles. The van der Waals surface area contributed by atoms with E-state index in [0.29, 0.717) is 16.7 Å². The smallest absolute Gasteiger partial charge is 0.284 e. The van der Waals surface area contributed by atoms with E-state index in [0.717, 1.165) is 23.4 Å². The molecule has 0 saturated carbocycles. The number of nitrogens with zero attached hydrogens (tertiary/aromatic N) is 2. The molecule has 0 aliphatic rings. The molecule has 22 heavy (non-hydrogen) atoms. The molecule has 0 N–H and O–H groups in total. The van der Waals surface area contributed by atoms with E-state index in [4.69, 9.17) is 16.3 Å². The predicted molar refractivity (Wildman–Crippen MR) is 88.0 cm³/mol. The van der Waals surface area contributed by atoms with Gasteiger partial charge in [-0.2, -0.15) is 5.10 Å². The number of hydrogen-bond acceptors (Lipinski definition) is 3. The van der Waals surface area contributed by atoms with Crippen LogP contribution in [0.1, 0.15) is 47.9 Å². The SMILES string of the molecule is CCC(C)c1c(C)nn(C(=O)COc2ccc(Cl)cc2)c1C. The van der Waals surface area contributed by atoms with Crippen LogP contribution in [0.15, 0.2) is 24.3 Å². The van der Waals surface area contributed by atoms with Crippen molar-refractivity contribution in [3.8, 4) is 5.75 Å². The van der Waals surface area contributed by atoms with Crippen molar-refractivity contribution < 1.29 is 9.53 Å². The summed E-state index contributed by atoms with van der Waals surface area (Å²) >= 11 is 5.82. The van der Waals surface area contributed by atoms with Gasteiger partial charge in [0.05, 0.1) is 5.69 Å². The minimum Gasteiger partial charge on any atom is -0.484 e. The van der Waals surface area contributed by atoms with E-state index in [1.165, 1.54) is 4.68 Å². The van der Waals surface area contributed by atoms with Gasteiger partial charge in [0, 0.05) is 10.7 Å². The number of hydrogen-bond donors (Lipinski definition) is 0. The van der Waals surface area contributed by atoms with Crippen LogP contribution >= 0.6 is 11.6 Å².